The molecule has 2 unspecified atom stereocenters. The van der Waals surface area contributed by atoms with Gasteiger partial charge < -0.3 is 15.4 Å². The molecule has 1 aliphatic rings. The van der Waals surface area contributed by atoms with E-state index in [-0.39, 0.29) is 17.9 Å². The van der Waals surface area contributed by atoms with Crippen molar-refractivity contribution >= 4 is 28.9 Å². The Balaban J connectivity index is 2.22. The molecule has 1 fully saturated rings. The molecular weight excluding hydrogens is 252 g/mol. The van der Waals surface area contributed by atoms with Gasteiger partial charge in [-0.25, -0.2) is 0 Å². The van der Waals surface area contributed by atoms with E-state index in [1.807, 2.05) is 6.92 Å². The van der Waals surface area contributed by atoms with Gasteiger partial charge in [0.25, 0.3) is 0 Å². The summed E-state index contributed by atoms with van der Waals surface area (Å²) in [5.41, 5.74) is 7.07. The molecule has 4 nitrogen and oxygen atoms in total. The average molecular weight is 269 g/mol. The van der Waals surface area contributed by atoms with Crippen molar-refractivity contribution in [3.63, 3.8) is 0 Å². The highest BCUT2D eigenvalue weighted by atomic mass is 35.5. The lowest BCUT2D eigenvalue weighted by molar-refractivity contribution is -0.123. The minimum absolute atomic E-state index is 0.0222. The third kappa shape index (κ3) is 2.44. The largest absolute Gasteiger partial charge is 0.397 e. The summed E-state index contributed by atoms with van der Waals surface area (Å²) in [4.78, 5) is 13.9. The second-order valence-electron chi connectivity index (χ2n) is 4.57. The summed E-state index contributed by atoms with van der Waals surface area (Å²) in [7, 11) is 1.72. The number of nitrogens with zero attached hydrogens (tertiary/aromatic N) is 1. The first-order valence-corrected chi connectivity index (χ1v) is 6.32. The van der Waals surface area contributed by atoms with Crippen molar-refractivity contribution in [2.75, 3.05) is 24.3 Å². The normalized spacial score (nSPS) is 23.1. The fourth-order valence-corrected chi connectivity index (χ4v) is 2.40. The number of carbonyl (C=O) groups excluding carboxylic acids is 1. The Morgan fingerprint density at radius 2 is 2.28 bits per heavy atom. The van der Waals surface area contributed by atoms with Crippen molar-refractivity contribution in [1.29, 1.82) is 0 Å². The lowest BCUT2D eigenvalue weighted by Gasteiger charge is -2.24. The van der Waals surface area contributed by atoms with Crippen molar-refractivity contribution < 1.29 is 9.53 Å². The summed E-state index contributed by atoms with van der Waals surface area (Å²) in [6, 6.07) is 5.12. The van der Waals surface area contributed by atoms with Crippen LogP contribution in [0.15, 0.2) is 18.2 Å². The Bertz CT molecular complexity index is 464. The summed E-state index contributed by atoms with van der Waals surface area (Å²) in [6.07, 6.45) is 0.713. The molecule has 18 heavy (non-hydrogen) atoms. The highest BCUT2D eigenvalue weighted by molar-refractivity contribution is 6.31. The number of nitrogens with two attached hydrogens (primary N) is 1. The van der Waals surface area contributed by atoms with Crippen LogP contribution in [-0.4, -0.2) is 25.7 Å². The Morgan fingerprint density at radius 1 is 1.56 bits per heavy atom. The van der Waals surface area contributed by atoms with Crippen molar-refractivity contribution in [3.05, 3.63) is 23.2 Å². The molecule has 1 aliphatic heterocycles. The number of ether oxygens (including phenoxy) is 1. The van der Waals surface area contributed by atoms with Gasteiger partial charge in [-0.05, 0) is 31.5 Å². The van der Waals surface area contributed by atoms with Crippen LogP contribution in [0.5, 0.6) is 0 Å². The molecule has 98 valence electrons. The number of amides is 1. The second-order valence-corrected chi connectivity index (χ2v) is 5.01. The van der Waals surface area contributed by atoms with Crippen LogP contribution >= 0.6 is 11.6 Å². The molecular formula is C13H17ClN2O2. The van der Waals surface area contributed by atoms with E-state index in [0.717, 1.165) is 6.42 Å². The summed E-state index contributed by atoms with van der Waals surface area (Å²) < 4.78 is 5.42. The van der Waals surface area contributed by atoms with Crippen molar-refractivity contribution in [3.8, 4) is 0 Å². The molecule has 0 aliphatic carbocycles. The van der Waals surface area contributed by atoms with E-state index in [1.54, 1.807) is 30.1 Å². The van der Waals surface area contributed by atoms with Gasteiger partial charge in [-0.15, -0.1) is 0 Å². The Hall–Kier alpha value is -1.26. The smallest absolute Gasteiger partial charge is 0.232 e. The van der Waals surface area contributed by atoms with Gasteiger partial charge in [0, 0.05) is 18.7 Å². The number of nitrogen functional groups attached to an aromatic ring is 1. The molecule has 2 atom stereocenters. The molecule has 0 radical (unpaired) electrons. The quantitative estimate of drug-likeness (QED) is 0.838. The third-order valence-corrected chi connectivity index (χ3v) is 3.61. The predicted molar refractivity (Wildman–Crippen MR) is 72.8 cm³/mol. The number of hydrogen-bond donors (Lipinski definition) is 1. The zero-order valence-corrected chi connectivity index (χ0v) is 11.3. The molecule has 2 rings (SSSR count). The minimum atomic E-state index is -0.103. The van der Waals surface area contributed by atoms with Gasteiger partial charge in [-0.1, -0.05) is 11.6 Å². The average Bonchev–Trinajstić information content (AvgIpc) is 2.77. The second kappa shape index (κ2) is 5.16. The van der Waals surface area contributed by atoms with E-state index in [1.165, 1.54) is 0 Å². The maximum Gasteiger partial charge on any atom is 0.232 e. The maximum absolute atomic E-state index is 12.4. The molecule has 1 amide bonds. The Morgan fingerprint density at radius 3 is 2.89 bits per heavy atom. The number of anilines is 2. The van der Waals surface area contributed by atoms with Crippen LogP contribution < -0.4 is 10.6 Å². The summed E-state index contributed by atoms with van der Waals surface area (Å²) >= 11 is 5.94. The van der Waals surface area contributed by atoms with Crippen LogP contribution in [-0.2, 0) is 9.53 Å². The Kier molecular flexibility index (Phi) is 3.78. The fraction of sp³-hybridized carbons (Fsp3) is 0.462. The van der Waals surface area contributed by atoms with E-state index >= 15 is 0 Å². The van der Waals surface area contributed by atoms with Gasteiger partial charge in [0.1, 0.15) is 0 Å². The zero-order chi connectivity index (χ0) is 13.3. The maximum atomic E-state index is 12.4. The monoisotopic (exact) mass is 268 g/mol. The number of benzene rings is 1. The van der Waals surface area contributed by atoms with Crippen LogP contribution in [0, 0.1) is 5.92 Å². The zero-order valence-electron chi connectivity index (χ0n) is 10.5. The van der Waals surface area contributed by atoms with Crippen molar-refractivity contribution in [1.82, 2.24) is 0 Å². The molecule has 1 saturated heterocycles. The lowest BCUT2D eigenvalue weighted by Crippen LogP contribution is -2.36. The fourth-order valence-electron chi connectivity index (χ4n) is 2.23. The first-order valence-electron chi connectivity index (χ1n) is 5.95. The molecule has 2 N–H and O–H groups in total. The van der Waals surface area contributed by atoms with Crippen LogP contribution in [0.1, 0.15) is 13.3 Å². The van der Waals surface area contributed by atoms with Gasteiger partial charge in [0.05, 0.1) is 23.4 Å². The van der Waals surface area contributed by atoms with Crippen LogP contribution in [0.4, 0.5) is 11.4 Å². The predicted octanol–water partition coefficient (Wildman–Crippen LogP) is 2.31. The molecule has 5 heteroatoms. The third-order valence-electron chi connectivity index (χ3n) is 3.38. The lowest BCUT2D eigenvalue weighted by atomic mass is 10.0. The summed E-state index contributed by atoms with van der Waals surface area (Å²) in [5.74, 6) is -0.0812. The molecule has 1 aromatic carbocycles. The van der Waals surface area contributed by atoms with Crippen molar-refractivity contribution in [2.45, 2.75) is 19.4 Å². The van der Waals surface area contributed by atoms with E-state index in [0.29, 0.717) is 23.0 Å². The number of rotatable bonds is 2. The molecule has 1 aromatic rings. The van der Waals surface area contributed by atoms with Crippen molar-refractivity contribution in [2.24, 2.45) is 5.92 Å². The molecule has 0 spiro atoms. The van der Waals surface area contributed by atoms with Gasteiger partial charge in [0.15, 0.2) is 0 Å². The molecule has 0 aromatic heterocycles. The first-order chi connectivity index (χ1) is 8.50. The highest BCUT2D eigenvalue weighted by Gasteiger charge is 2.33. The minimum Gasteiger partial charge on any atom is -0.397 e. The SMILES string of the molecule is CC1OCCC1C(=O)N(C)c1cc(Cl)ccc1N. The topological polar surface area (TPSA) is 55.6 Å². The Labute approximate surface area is 112 Å². The van der Waals surface area contributed by atoms with E-state index < -0.39 is 0 Å². The van der Waals surface area contributed by atoms with Gasteiger partial charge in [-0.3, -0.25) is 4.79 Å². The summed E-state index contributed by atoms with van der Waals surface area (Å²) in [5, 5.41) is 0.564. The number of halogens is 1. The van der Waals surface area contributed by atoms with Gasteiger partial charge in [0.2, 0.25) is 5.91 Å². The van der Waals surface area contributed by atoms with Crippen LogP contribution in [0.3, 0.4) is 0 Å². The first kappa shape index (κ1) is 13.2. The van der Waals surface area contributed by atoms with E-state index in [4.69, 9.17) is 22.1 Å². The van der Waals surface area contributed by atoms with E-state index in [2.05, 4.69) is 0 Å². The van der Waals surface area contributed by atoms with Crippen LogP contribution in [0.25, 0.3) is 0 Å². The molecule has 1 heterocycles. The molecule has 0 bridgehead atoms. The highest BCUT2D eigenvalue weighted by Crippen LogP contribution is 2.30. The number of carbonyl (C=O) groups is 1. The molecule has 0 saturated carbocycles. The van der Waals surface area contributed by atoms with Crippen LogP contribution in [0.2, 0.25) is 5.02 Å². The number of hydrogen-bond acceptors (Lipinski definition) is 3. The summed E-state index contributed by atoms with van der Waals surface area (Å²) in [6.45, 7) is 2.56. The van der Waals surface area contributed by atoms with Gasteiger partial charge in [-0.2, -0.15) is 0 Å². The van der Waals surface area contributed by atoms with E-state index in [9.17, 15) is 4.79 Å². The van der Waals surface area contributed by atoms with Gasteiger partial charge >= 0.3 is 0 Å². The standard InChI is InChI=1S/C13H17ClN2O2/c1-8-10(5-6-18-8)13(17)16(2)12-7-9(14)3-4-11(12)15/h3-4,7-8,10H,5-6,15H2,1-2H3.